The van der Waals surface area contributed by atoms with Crippen LogP contribution in [0.5, 0.6) is 23.0 Å². The Morgan fingerprint density at radius 1 is 0.905 bits per heavy atom. The Morgan fingerprint density at radius 2 is 1.43 bits per heavy atom. The highest BCUT2D eigenvalue weighted by atomic mass is 16.4. The molecule has 2 aromatic rings. The fourth-order valence-corrected chi connectivity index (χ4v) is 1.77. The van der Waals surface area contributed by atoms with Gasteiger partial charge in [-0.1, -0.05) is 12.1 Å². The van der Waals surface area contributed by atoms with Crippen LogP contribution in [0.2, 0.25) is 0 Å². The van der Waals surface area contributed by atoms with E-state index in [1.54, 1.807) is 0 Å². The highest BCUT2D eigenvalue weighted by molar-refractivity contribution is 6.20. The minimum atomic E-state index is -1.27. The highest BCUT2D eigenvalue weighted by Crippen LogP contribution is 2.37. The molecule has 0 spiro atoms. The standard InChI is InChI=1S/C15H12O6/c16-10-3-1-8(2-4-10)5-11(15(20)21)9-6-12(17)14(19)13(18)7-9/h1-7,16-19H,(H,20,21)/b11-5+. The maximum atomic E-state index is 11.3. The average Bonchev–Trinajstić information content (AvgIpc) is 2.43. The van der Waals surface area contributed by atoms with E-state index in [0.29, 0.717) is 5.56 Å². The number of carbonyl (C=O) groups is 1. The molecule has 0 aliphatic carbocycles. The molecule has 0 fully saturated rings. The zero-order valence-corrected chi connectivity index (χ0v) is 10.7. The number of benzene rings is 2. The summed E-state index contributed by atoms with van der Waals surface area (Å²) in [5.74, 6) is -3.18. The van der Waals surface area contributed by atoms with E-state index in [0.717, 1.165) is 12.1 Å². The van der Waals surface area contributed by atoms with E-state index in [-0.39, 0.29) is 16.9 Å². The van der Waals surface area contributed by atoms with Crippen LogP contribution in [-0.4, -0.2) is 31.5 Å². The van der Waals surface area contributed by atoms with Crippen LogP contribution in [0.15, 0.2) is 36.4 Å². The van der Waals surface area contributed by atoms with Crippen molar-refractivity contribution in [2.45, 2.75) is 0 Å². The van der Waals surface area contributed by atoms with Gasteiger partial charge in [-0.3, -0.25) is 0 Å². The molecule has 2 aromatic carbocycles. The number of hydrogen-bond acceptors (Lipinski definition) is 5. The first kappa shape index (κ1) is 14.3. The van der Waals surface area contributed by atoms with E-state index in [9.17, 15) is 30.3 Å². The maximum Gasteiger partial charge on any atom is 0.336 e. The predicted molar refractivity (Wildman–Crippen MR) is 75.0 cm³/mol. The van der Waals surface area contributed by atoms with Crippen LogP contribution in [0.3, 0.4) is 0 Å². The monoisotopic (exact) mass is 288 g/mol. The molecular weight excluding hydrogens is 276 g/mol. The molecule has 0 aromatic heterocycles. The quantitative estimate of drug-likeness (QED) is 0.335. The summed E-state index contributed by atoms with van der Waals surface area (Å²) in [6, 6.07) is 7.90. The molecule has 21 heavy (non-hydrogen) atoms. The van der Waals surface area contributed by atoms with Gasteiger partial charge in [0.2, 0.25) is 0 Å². The van der Waals surface area contributed by atoms with Crippen LogP contribution < -0.4 is 0 Å². The second-order valence-corrected chi connectivity index (χ2v) is 4.32. The first-order valence-electron chi connectivity index (χ1n) is 5.88. The minimum absolute atomic E-state index is 0.0309. The Balaban J connectivity index is 2.54. The molecule has 0 saturated carbocycles. The summed E-state index contributed by atoms with van der Waals surface area (Å²) < 4.78 is 0. The molecule has 0 aliphatic heterocycles. The first-order chi connectivity index (χ1) is 9.88. The summed E-state index contributed by atoms with van der Waals surface area (Å²) in [6.45, 7) is 0. The summed E-state index contributed by atoms with van der Waals surface area (Å²) in [6.07, 6.45) is 1.31. The lowest BCUT2D eigenvalue weighted by Gasteiger charge is -2.07. The molecule has 0 radical (unpaired) electrons. The van der Waals surface area contributed by atoms with Crippen molar-refractivity contribution < 1.29 is 30.3 Å². The van der Waals surface area contributed by atoms with Crippen LogP contribution in [0, 0.1) is 0 Å². The number of phenolic OH excluding ortho intramolecular Hbond substituents is 4. The van der Waals surface area contributed by atoms with Gasteiger partial charge in [0, 0.05) is 0 Å². The van der Waals surface area contributed by atoms with Gasteiger partial charge in [-0.15, -0.1) is 0 Å². The van der Waals surface area contributed by atoms with Crippen LogP contribution in [-0.2, 0) is 4.79 Å². The van der Waals surface area contributed by atoms with Gasteiger partial charge in [0.25, 0.3) is 0 Å². The molecule has 2 rings (SSSR count). The normalized spacial score (nSPS) is 11.3. The van der Waals surface area contributed by atoms with Gasteiger partial charge in [0.1, 0.15) is 5.75 Å². The van der Waals surface area contributed by atoms with Crippen molar-refractivity contribution in [3.8, 4) is 23.0 Å². The van der Waals surface area contributed by atoms with Gasteiger partial charge in [-0.25, -0.2) is 4.79 Å². The van der Waals surface area contributed by atoms with Crippen molar-refractivity contribution in [1.29, 1.82) is 0 Å². The molecule has 0 saturated heterocycles. The summed E-state index contributed by atoms with van der Waals surface area (Å²) in [5, 5.41) is 46.6. The van der Waals surface area contributed by atoms with Crippen molar-refractivity contribution in [2.24, 2.45) is 0 Å². The van der Waals surface area contributed by atoms with Crippen LogP contribution >= 0.6 is 0 Å². The van der Waals surface area contributed by atoms with Gasteiger partial charge >= 0.3 is 5.97 Å². The van der Waals surface area contributed by atoms with Gasteiger partial charge < -0.3 is 25.5 Å². The van der Waals surface area contributed by atoms with E-state index < -0.39 is 23.2 Å². The third kappa shape index (κ3) is 3.06. The molecule has 5 N–H and O–H groups in total. The van der Waals surface area contributed by atoms with E-state index in [1.807, 2.05) is 0 Å². The van der Waals surface area contributed by atoms with Gasteiger partial charge in [0.05, 0.1) is 5.57 Å². The Hall–Kier alpha value is -3.15. The predicted octanol–water partition coefficient (Wildman–Crippen LogP) is 2.13. The van der Waals surface area contributed by atoms with Crippen molar-refractivity contribution >= 4 is 17.6 Å². The third-order valence-electron chi connectivity index (χ3n) is 2.82. The number of aromatic hydroxyl groups is 4. The Labute approximate surface area is 119 Å². The molecule has 0 atom stereocenters. The molecule has 0 heterocycles. The van der Waals surface area contributed by atoms with Gasteiger partial charge in [-0.05, 0) is 41.5 Å². The van der Waals surface area contributed by atoms with Crippen molar-refractivity contribution in [2.75, 3.05) is 0 Å². The van der Waals surface area contributed by atoms with Crippen LogP contribution in [0.25, 0.3) is 11.6 Å². The lowest BCUT2D eigenvalue weighted by Crippen LogP contribution is -1.99. The van der Waals surface area contributed by atoms with E-state index >= 15 is 0 Å². The number of carboxylic acids is 1. The number of rotatable bonds is 3. The lowest BCUT2D eigenvalue weighted by molar-refractivity contribution is -0.130. The largest absolute Gasteiger partial charge is 0.508 e. The fraction of sp³-hybridized carbons (Fsp3) is 0. The smallest absolute Gasteiger partial charge is 0.336 e. The minimum Gasteiger partial charge on any atom is -0.508 e. The van der Waals surface area contributed by atoms with Crippen molar-refractivity contribution in [1.82, 2.24) is 0 Å². The van der Waals surface area contributed by atoms with Crippen LogP contribution in [0.1, 0.15) is 11.1 Å². The maximum absolute atomic E-state index is 11.3. The van der Waals surface area contributed by atoms with E-state index in [1.165, 1.54) is 30.3 Å². The molecule has 6 heteroatoms. The summed E-state index contributed by atoms with van der Waals surface area (Å²) in [7, 11) is 0. The number of phenols is 4. The Morgan fingerprint density at radius 3 is 1.90 bits per heavy atom. The molecule has 0 aliphatic rings. The molecular formula is C15H12O6. The second kappa shape index (κ2) is 5.46. The third-order valence-corrected chi connectivity index (χ3v) is 2.82. The Bertz CT molecular complexity index is 692. The number of carboxylic acid groups (broad SMARTS) is 1. The average molecular weight is 288 g/mol. The van der Waals surface area contributed by atoms with Crippen molar-refractivity contribution in [3.05, 3.63) is 47.5 Å². The summed E-state index contributed by atoms with van der Waals surface area (Å²) in [4.78, 5) is 11.3. The van der Waals surface area contributed by atoms with Gasteiger partial charge in [0.15, 0.2) is 17.2 Å². The fourth-order valence-electron chi connectivity index (χ4n) is 1.77. The second-order valence-electron chi connectivity index (χ2n) is 4.32. The summed E-state index contributed by atoms with van der Waals surface area (Å²) >= 11 is 0. The lowest BCUT2D eigenvalue weighted by atomic mass is 10.0. The topological polar surface area (TPSA) is 118 Å². The molecule has 0 amide bonds. The Kier molecular flexibility index (Phi) is 3.71. The number of hydrogen-bond donors (Lipinski definition) is 5. The van der Waals surface area contributed by atoms with E-state index in [4.69, 9.17) is 0 Å². The van der Waals surface area contributed by atoms with Crippen molar-refractivity contribution in [3.63, 3.8) is 0 Å². The molecule has 108 valence electrons. The number of aliphatic carboxylic acids is 1. The molecule has 6 nitrogen and oxygen atoms in total. The highest BCUT2D eigenvalue weighted by Gasteiger charge is 2.16. The van der Waals surface area contributed by atoms with E-state index in [2.05, 4.69) is 0 Å². The molecule has 0 bridgehead atoms. The zero-order valence-electron chi connectivity index (χ0n) is 10.7. The first-order valence-corrected chi connectivity index (χ1v) is 5.88. The van der Waals surface area contributed by atoms with Gasteiger partial charge in [-0.2, -0.15) is 0 Å². The summed E-state index contributed by atoms with van der Waals surface area (Å²) in [5.41, 5.74) is 0.354. The van der Waals surface area contributed by atoms with Crippen LogP contribution in [0.4, 0.5) is 0 Å². The zero-order chi connectivity index (χ0) is 15.6. The molecule has 0 unspecified atom stereocenters. The SMILES string of the molecule is O=C(O)/C(=C/c1ccc(O)cc1)c1cc(O)c(O)c(O)c1.